The Balaban J connectivity index is 1.51. The van der Waals surface area contributed by atoms with E-state index in [2.05, 4.69) is 9.88 Å². The van der Waals surface area contributed by atoms with Gasteiger partial charge < -0.3 is 14.5 Å². The van der Waals surface area contributed by atoms with Crippen molar-refractivity contribution >= 4 is 16.8 Å². The molecule has 2 aromatic rings. The Labute approximate surface area is 152 Å². The number of ether oxygens (including phenoxy) is 1. The lowest BCUT2D eigenvalue weighted by Gasteiger charge is -2.26. The number of likely N-dealkylation sites (tertiary alicyclic amines) is 1. The summed E-state index contributed by atoms with van der Waals surface area (Å²) < 4.78 is 20.0. The fourth-order valence-corrected chi connectivity index (χ4v) is 3.84. The third-order valence-corrected chi connectivity index (χ3v) is 5.19. The van der Waals surface area contributed by atoms with Gasteiger partial charge in [-0.1, -0.05) is 18.2 Å². The summed E-state index contributed by atoms with van der Waals surface area (Å²) in [6.07, 6.45) is 3.31. The maximum Gasteiger partial charge on any atom is 0.272 e. The third kappa shape index (κ3) is 3.71. The first kappa shape index (κ1) is 17.4. The number of benzene rings is 1. The lowest BCUT2D eigenvalue weighted by Crippen LogP contribution is -2.42. The first-order chi connectivity index (χ1) is 12.7. The van der Waals surface area contributed by atoms with Crippen LogP contribution in [0.5, 0.6) is 0 Å². The number of carbonyl (C=O) groups excluding carboxylic acids is 1. The summed E-state index contributed by atoms with van der Waals surface area (Å²) in [5.41, 5.74) is 0.544. The maximum absolute atomic E-state index is 14.0. The van der Waals surface area contributed by atoms with Crippen LogP contribution in [0, 0.1) is 5.82 Å². The highest BCUT2D eigenvalue weighted by molar-refractivity contribution is 5.95. The first-order valence-electron chi connectivity index (χ1n) is 9.39. The lowest BCUT2D eigenvalue weighted by molar-refractivity contribution is 0.0296. The molecule has 1 atom stereocenters. The normalized spacial score (nSPS) is 21.9. The third-order valence-electron chi connectivity index (χ3n) is 5.19. The quantitative estimate of drug-likeness (QED) is 0.847. The van der Waals surface area contributed by atoms with Crippen molar-refractivity contribution in [3.8, 4) is 0 Å². The monoisotopic (exact) mass is 357 g/mol. The van der Waals surface area contributed by atoms with Gasteiger partial charge in [0.25, 0.3) is 5.91 Å². The highest BCUT2D eigenvalue weighted by Crippen LogP contribution is 2.18. The van der Waals surface area contributed by atoms with Crippen molar-refractivity contribution in [1.82, 2.24) is 14.8 Å². The molecule has 0 radical (unpaired) electrons. The minimum atomic E-state index is -0.400. The van der Waals surface area contributed by atoms with Gasteiger partial charge in [-0.15, -0.1) is 0 Å². The second-order valence-electron chi connectivity index (χ2n) is 7.11. The average molecular weight is 357 g/mol. The molecular weight excluding hydrogens is 333 g/mol. The summed E-state index contributed by atoms with van der Waals surface area (Å²) in [6, 6.07) is 8.26. The van der Waals surface area contributed by atoms with Gasteiger partial charge in [0.2, 0.25) is 0 Å². The van der Waals surface area contributed by atoms with Crippen molar-refractivity contribution in [1.29, 1.82) is 0 Å². The summed E-state index contributed by atoms with van der Waals surface area (Å²) in [6.45, 7) is 4.96. The van der Waals surface area contributed by atoms with E-state index < -0.39 is 5.82 Å². The molecule has 1 aromatic heterocycles. The number of pyridine rings is 1. The van der Waals surface area contributed by atoms with Gasteiger partial charge in [0.15, 0.2) is 0 Å². The van der Waals surface area contributed by atoms with Crippen LogP contribution in [-0.4, -0.2) is 66.1 Å². The van der Waals surface area contributed by atoms with E-state index in [0.717, 1.165) is 26.1 Å². The fraction of sp³-hybridized carbons (Fsp3) is 0.500. The molecule has 5 nitrogen and oxygen atoms in total. The minimum absolute atomic E-state index is 0.0248. The Morgan fingerprint density at radius 2 is 2.00 bits per heavy atom. The van der Waals surface area contributed by atoms with Gasteiger partial charge in [-0.05, 0) is 44.5 Å². The maximum atomic E-state index is 14.0. The largest absolute Gasteiger partial charge is 0.375 e. The Kier molecular flexibility index (Phi) is 5.13. The lowest BCUT2D eigenvalue weighted by atomic mass is 10.2. The molecule has 0 bridgehead atoms. The highest BCUT2D eigenvalue weighted by atomic mass is 19.1. The zero-order valence-electron chi connectivity index (χ0n) is 14.9. The topological polar surface area (TPSA) is 45.7 Å². The Hall–Kier alpha value is -2.05. The number of nitrogens with zero attached hydrogens (tertiary/aromatic N) is 3. The van der Waals surface area contributed by atoms with E-state index in [0.29, 0.717) is 30.8 Å². The van der Waals surface area contributed by atoms with Gasteiger partial charge in [-0.3, -0.25) is 4.79 Å². The van der Waals surface area contributed by atoms with E-state index >= 15 is 0 Å². The van der Waals surface area contributed by atoms with E-state index in [-0.39, 0.29) is 17.5 Å². The van der Waals surface area contributed by atoms with Gasteiger partial charge in [-0.2, -0.15) is 0 Å². The van der Waals surface area contributed by atoms with Crippen LogP contribution in [-0.2, 0) is 4.74 Å². The molecule has 1 amide bonds. The second-order valence-corrected chi connectivity index (χ2v) is 7.11. The van der Waals surface area contributed by atoms with E-state index in [1.807, 2.05) is 4.90 Å². The Morgan fingerprint density at radius 1 is 1.15 bits per heavy atom. The van der Waals surface area contributed by atoms with Crippen LogP contribution >= 0.6 is 0 Å². The van der Waals surface area contributed by atoms with Gasteiger partial charge in [0, 0.05) is 31.6 Å². The summed E-state index contributed by atoms with van der Waals surface area (Å²) >= 11 is 0. The number of fused-ring (bicyclic) bond motifs is 1. The van der Waals surface area contributed by atoms with Crippen molar-refractivity contribution < 1.29 is 13.9 Å². The van der Waals surface area contributed by atoms with Gasteiger partial charge in [0.05, 0.1) is 6.10 Å². The number of halogens is 1. The van der Waals surface area contributed by atoms with Crippen molar-refractivity contribution in [2.24, 2.45) is 0 Å². The molecule has 6 heteroatoms. The molecule has 3 heterocycles. The molecule has 2 aliphatic rings. The molecule has 1 aromatic carbocycles. The molecule has 138 valence electrons. The highest BCUT2D eigenvalue weighted by Gasteiger charge is 2.26. The van der Waals surface area contributed by atoms with Crippen LogP contribution < -0.4 is 0 Å². The molecule has 0 aliphatic carbocycles. The minimum Gasteiger partial charge on any atom is -0.375 e. The molecular formula is C20H24FN3O2. The van der Waals surface area contributed by atoms with Crippen molar-refractivity contribution in [3.63, 3.8) is 0 Å². The number of hydrogen-bond donors (Lipinski definition) is 0. The van der Waals surface area contributed by atoms with Crippen LogP contribution in [0.2, 0.25) is 0 Å². The average Bonchev–Trinajstić information content (AvgIpc) is 3.05. The van der Waals surface area contributed by atoms with E-state index in [1.54, 1.807) is 24.3 Å². The van der Waals surface area contributed by atoms with Crippen LogP contribution in [0.25, 0.3) is 10.9 Å². The molecule has 26 heavy (non-hydrogen) atoms. The summed E-state index contributed by atoms with van der Waals surface area (Å²) in [5, 5.41) is 0.702. The molecule has 0 saturated carbocycles. The zero-order valence-corrected chi connectivity index (χ0v) is 14.9. The predicted octanol–water partition coefficient (Wildman–Crippen LogP) is 2.70. The molecule has 2 aliphatic heterocycles. The SMILES string of the molecule is O=C(c1ccc2cccc(F)c2n1)N1CCCOC(CN2CCCC2)C1. The summed E-state index contributed by atoms with van der Waals surface area (Å²) in [7, 11) is 0. The first-order valence-corrected chi connectivity index (χ1v) is 9.39. The van der Waals surface area contributed by atoms with Crippen molar-refractivity contribution in [3.05, 3.63) is 41.8 Å². The van der Waals surface area contributed by atoms with Gasteiger partial charge in [0.1, 0.15) is 17.0 Å². The van der Waals surface area contributed by atoms with Crippen LogP contribution in [0.4, 0.5) is 4.39 Å². The van der Waals surface area contributed by atoms with E-state index in [4.69, 9.17) is 4.74 Å². The summed E-state index contributed by atoms with van der Waals surface area (Å²) in [5.74, 6) is -0.546. The van der Waals surface area contributed by atoms with Crippen LogP contribution in [0.15, 0.2) is 30.3 Å². The molecule has 1 unspecified atom stereocenters. The van der Waals surface area contributed by atoms with Crippen molar-refractivity contribution in [2.75, 3.05) is 39.3 Å². The molecule has 0 spiro atoms. The number of amides is 1. The van der Waals surface area contributed by atoms with Gasteiger partial charge >= 0.3 is 0 Å². The molecule has 2 saturated heterocycles. The number of aromatic nitrogens is 1. The van der Waals surface area contributed by atoms with Gasteiger partial charge in [-0.25, -0.2) is 9.37 Å². The van der Waals surface area contributed by atoms with E-state index in [9.17, 15) is 9.18 Å². The second kappa shape index (κ2) is 7.68. The molecule has 2 fully saturated rings. The number of rotatable bonds is 3. The zero-order chi connectivity index (χ0) is 17.9. The Bertz CT molecular complexity index is 792. The Morgan fingerprint density at radius 3 is 2.85 bits per heavy atom. The fourth-order valence-electron chi connectivity index (χ4n) is 3.84. The van der Waals surface area contributed by atoms with Crippen molar-refractivity contribution in [2.45, 2.75) is 25.4 Å². The van der Waals surface area contributed by atoms with Crippen LogP contribution in [0.1, 0.15) is 29.8 Å². The van der Waals surface area contributed by atoms with Crippen LogP contribution in [0.3, 0.4) is 0 Å². The standard InChI is InChI=1S/C20H24FN3O2/c21-17-6-3-5-15-7-8-18(22-19(15)17)20(25)24-11-4-12-26-16(14-24)13-23-9-1-2-10-23/h3,5-8,16H,1-2,4,9-14H2. The predicted molar refractivity (Wildman–Crippen MR) is 97.6 cm³/mol. The smallest absolute Gasteiger partial charge is 0.272 e. The number of hydrogen-bond acceptors (Lipinski definition) is 4. The van der Waals surface area contributed by atoms with E-state index in [1.165, 1.54) is 18.9 Å². The number of para-hydroxylation sites is 1. The molecule has 0 N–H and O–H groups in total. The molecule has 4 rings (SSSR count). The summed E-state index contributed by atoms with van der Waals surface area (Å²) in [4.78, 5) is 21.5. The number of carbonyl (C=O) groups is 1.